The molecule has 2 aliphatic rings. The average Bonchev–Trinajstić information content (AvgIpc) is 4.09. The fourth-order valence-electron chi connectivity index (χ4n) is 10.1. The van der Waals surface area contributed by atoms with Crippen molar-refractivity contribution in [2.24, 2.45) is 0 Å². The van der Waals surface area contributed by atoms with Crippen molar-refractivity contribution in [2.45, 2.75) is 166 Å². The number of thiophene rings is 2. The van der Waals surface area contributed by atoms with E-state index < -0.39 is 10.8 Å². The first-order valence-electron chi connectivity index (χ1n) is 23.8. The van der Waals surface area contributed by atoms with Crippen LogP contribution < -0.4 is 0 Å². The molecule has 0 unspecified atom stereocenters. The Morgan fingerprint density at radius 3 is 1.05 bits per heavy atom. The number of fused-ring (bicyclic) bond motifs is 6. The summed E-state index contributed by atoms with van der Waals surface area (Å²) in [6.45, 7) is 4.53. The van der Waals surface area contributed by atoms with Crippen LogP contribution in [0.1, 0.15) is 176 Å². The van der Waals surface area contributed by atoms with Crippen LogP contribution in [-0.4, -0.2) is 0 Å². The highest BCUT2D eigenvalue weighted by molar-refractivity contribution is 7.14. The van der Waals surface area contributed by atoms with Crippen LogP contribution in [0.4, 0.5) is 0 Å². The first-order valence-corrected chi connectivity index (χ1v) is 25.5. The molecule has 0 N–H and O–H groups in total. The number of nitriles is 4. The van der Waals surface area contributed by atoms with Crippen LogP contribution in [0, 0.1) is 45.3 Å². The molecule has 2 aromatic heterocycles. The lowest BCUT2D eigenvalue weighted by Crippen LogP contribution is -2.22. The number of hydrogen-bond donors (Lipinski definition) is 0. The summed E-state index contributed by atoms with van der Waals surface area (Å²) in [6.07, 6.45) is 28.1. The molecule has 4 nitrogen and oxygen atoms in total. The molecular weight excluding hydrogens is 793 g/mol. The van der Waals surface area contributed by atoms with E-state index >= 15 is 0 Å². The molecule has 0 saturated carbocycles. The first-order chi connectivity index (χ1) is 30.5. The van der Waals surface area contributed by atoms with Gasteiger partial charge in [0.15, 0.2) is 10.8 Å². The summed E-state index contributed by atoms with van der Waals surface area (Å²) in [5.74, 6) is 0. The maximum absolute atomic E-state index is 10.9. The van der Waals surface area contributed by atoms with Crippen molar-refractivity contribution in [3.63, 3.8) is 0 Å². The molecule has 62 heavy (non-hydrogen) atoms. The van der Waals surface area contributed by atoms with E-state index in [9.17, 15) is 21.0 Å². The average molecular weight is 855 g/mol. The van der Waals surface area contributed by atoms with Crippen LogP contribution in [0.3, 0.4) is 0 Å². The summed E-state index contributed by atoms with van der Waals surface area (Å²) in [7, 11) is 0. The van der Waals surface area contributed by atoms with Crippen LogP contribution in [0.15, 0.2) is 71.4 Å². The van der Waals surface area contributed by atoms with E-state index in [2.05, 4.69) is 85.3 Å². The Morgan fingerprint density at radius 1 is 0.387 bits per heavy atom. The molecule has 0 amide bonds. The van der Waals surface area contributed by atoms with Crippen molar-refractivity contribution in [3.8, 4) is 67.4 Å². The van der Waals surface area contributed by atoms with Gasteiger partial charge in [0, 0.05) is 9.75 Å². The lowest BCUT2D eigenvalue weighted by molar-refractivity contribution is 0.556. The van der Waals surface area contributed by atoms with Crippen molar-refractivity contribution >= 4 is 22.7 Å². The molecule has 0 aliphatic heterocycles. The number of nitrogens with zero attached hydrogens (tertiary/aromatic N) is 4. The van der Waals surface area contributed by atoms with Crippen molar-refractivity contribution in [2.75, 3.05) is 0 Å². The quantitative estimate of drug-likeness (QED) is 0.0578. The molecule has 7 rings (SSSR count). The first kappa shape index (κ1) is 45.1. The lowest BCUT2D eigenvalue weighted by atomic mass is 9.78. The minimum Gasteiger partial charge on any atom is -0.196 e. The van der Waals surface area contributed by atoms with Crippen LogP contribution in [0.5, 0.6) is 0 Å². The van der Waals surface area contributed by atoms with Gasteiger partial charge in [-0.25, -0.2) is 0 Å². The second kappa shape index (κ2) is 21.4. The monoisotopic (exact) mass is 854 g/mol. The third-order valence-corrected chi connectivity index (χ3v) is 15.7. The van der Waals surface area contributed by atoms with Gasteiger partial charge in [-0.15, -0.1) is 22.7 Å². The number of unbranched alkanes of at least 4 members (excludes halogenated alkanes) is 18. The predicted octanol–water partition coefficient (Wildman–Crippen LogP) is 16.7. The van der Waals surface area contributed by atoms with Gasteiger partial charge >= 0.3 is 0 Å². The van der Waals surface area contributed by atoms with Gasteiger partial charge in [0.05, 0.1) is 24.3 Å². The molecule has 318 valence electrons. The maximum Gasteiger partial charge on any atom is 0.194 e. The second-order valence-electron chi connectivity index (χ2n) is 17.8. The van der Waals surface area contributed by atoms with Gasteiger partial charge in [-0.05, 0) is 140 Å². The minimum absolute atomic E-state index is 0.629. The van der Waals surface area contributed by atoms with E-state index in [1.54, 1.807) is 22.7 Å². The Morgan fingerprint density at radius 2 is 0.710 bits per heavy atom. The van der Waals surface area contributed by atoms with Gasteiger partial charge in [0.25, 0.3) is 0 Å². The SMILES string of the molecule is CCCCCCCCCCCCc1ccsc1-c1ccc2c(c1)C(C#N)(C#N)c1cc3c(cc1-2)C(C#N)(C#N)c1cc(-c2sccc2CCCCCCCCCCCC)ccc1-3. The van der Waals surface area contributed by atoms with Gasteiger partial charge in [-0.3, -0.25) is 0 Å². The highest BCUT2D eigenvalue weighted by Crippen LogP contribution is 2.57. The fraction of sp³-hybridized carbons (Fsp3) is 0.464. The number of rotatable bonds is 24. The molecule has 0 bridgehead atoms. The highest BCUT2D eigenvalue weighted by atomic mass is 32.1. The standard InChI is InChI=1S/C56H62N4S2/c1-3-5-7-9-11-13-15-17-19-21-23-41-29-31-61-53(41)43-25-27-45-47-35-52-48(36-51(47)55(37-57,38-58)49(45)33-43)46-28-26-44(34-50(46)56(52,39-59)40-60)54-42(30-32-62-54)24-22-20-18-16-14-12-10-8-6-4-2/h25-36H,3-24H2,1-2H3. The lowest BCUT2D eigenvalue weighted by Gasteiger charge is -2.18. The third kappa shape index (κ3) is 9.07. The summed E-state index contributed by atoms with van der Waals surface area (Å²) in [6, 6.07) is 30.6. The molecule has 6 heteroatoms. The summed E-state index contributed by atoms with van der Waals surface area (Å²) >= 11 is 3.43. The van der Waals surface area contributed by atoms with Crippen LogP contribution in [0.2, 0.25) is 0 Å². The highest BCUT2D eigenvalue weighted by Gasteiger charge is 2.50. The van der Waals surface area contributed by atoms with Crippen LogP contribution in [0.25, 0.3) is 43.1 Å². The maximum atomic E-state index is 10.9. The number of hydrogen-bond acceptors (Lipinski definition) is 6. The van der Waals surface area contributed by atoms with Crippen LogP contribution >= 0.6 is 22.7 Å². The Labute approximate surface area is 379 Å². The summed E-state index contributed by atoms with van der Waals surface area (Å²) < 4.78 is 0. The molecule has 0 atom stereocenters. The fourth-order valence-corrected chi connectivity index (χ4v) is 12.0. The van der Waals surface area contributed by atoms with Gasteiger partial charge in [-0.2, -0.15) is 21.0 Å². The molecule has 2 aliphatic carbocycles. The molecular formula is C56H62N4S2. The Bertz CT molecular complexity index is 2290. The van der Waals surface area contributed by atoms with E-state index in [0.717, 1.165) is 59.1 Å². The second-order valence-corrected chi connectivity index (χ2v) is 19.7. The molecule has 3 aromatic carbocycles. The topological polar surface area (TPSA) is 95.2 Å². The molecule has 0 radical (unpaired) electrons. The summed E-state index contributed by atoms with van der Waals surface area (Å²) in [4.78, 5) is 2.39. The zero-order valence-corrected chi connectivity index (χ0v) is 38.7. The smallest absolute Gasteiger partial charge is 0.194 e. The van der Waals surface area contributed by atoms with Gasteiger partial charge < -0.3 is 0 Å². The molecule has 0 spiro atoms. The van der Waals surface area contributed by atoms with E-state index in [-0.39, 0.29) is 0 Å². The van der Waals surface area contributed by atoms with E-state index in [4.69, 9.17) is 0 Å². The van der Waals surface area contributed by atoms with Gasteiger partial charge in [0.2, 0.25) is 0 Å². The summed E-state index contributed by atoms with van der Waals surface area (Å²) in [5.41, 5.74) is 7.42. The molecule has 5 aromatic rings. The third-order valence-electron chi connectivity index (χ3n) is 13.7. The zero-order valence-electron chi connectivity index (χ0n) is 37.1. The number of aryl methyl sites for hydroxylation is 2. The van der Waals surface area contributed by atoms with Crippen LogP contribution in [-0.2, 0) is 23.7 Å². The molecule has 0 saturated heterocycles. The zero-order chi connectivity index (χ0) is 43.4. The van der Waals surface area contributed by atoms with E-state index in [0.29, 0.717) is 22.3 Å². The Hall–Kier alpha value is -4.98. The van der Waals surface area contributed by atoms with Crippen molar-refractivity contribution in [1.82, 2.24) is 0 Å². The summed E-state index contributed by atoms with van der Waals surface area (Å²) in [5, 5.41) is 48.0. The Kier molecular flexibility index (Phi) is 15.6. The van der Waals surface area contributed by atoms with Gasteiger partial charge in [0.1, 0.15) is 0 Å². The Balaban J connectivity index is 1.09. The molecule has 2 heterocycles. The van der Waals surface area contributed by atoms with E-state index in [1.807, 2.05) is 24.3 Å². The largest absolute Gasteiger partial charge is 0.196 e. The molecule has 0 fully saturated rings. The predicted molar refractivity (Wildman–Crippen MR) is 259 cm³/mol. The number of benzene rings is 3. The van der Waals surface area contributed by atoms with Crippen molar-refractivity contribution in [1.29, 1.82) is 21.0 Å². The normalized spacial score (nSPS) is 13.6. The van der Waals surface area contributed by atoms with E-state index in [1.165, 1.54) is 136 Å². The van der Waals surface area contributed by atoms with Crippen molar-refractivity contribution in [3.05, 3.63) is 105 Å². The van der Waals surface area contributed by atoms with Gasteiger partial charge in [-0.1, -0.05) is 154 Å². The van der Waals surface area contributed by atoms with Crippen molar-refractivity contribution < 1.29 is 0 Å². The minimum atomic E-state index is -1.52.